The maximum absolute atomic E-state index is 12.2. The van der Waals surface area contributed by atoms with Gasteiger partial charge < -0.3 is 15.5 Å². The minimum Gasteiger partial charge on any atom is -0.344 e. The fourth-order valence-electron chi connectivity index (χ4n) is 2.96. The third-order valence-electron chi connectivity index (χ3n) is 4.33. The van der Waals surface area contributed by atoms with Crippen LogP contribution < -0.4 is 10.6 Å². The Morgan fingerprint density at radius 2 is 2.04 bits per heavy atom. The fourth-order valence-corrected chi connectivity index (χ4v) is 2.96. The molecule has 1 saturated heterocycles. The van der Waals surface area contributed by atoms with Crippen LogP contribution in [-0.4, -0.2) is 42.5 Å². The molecule has 1 aliphatic heterocycles. The largest absolute Gasteiger partial charge is 0.344 e. The number of nitrogens with zero attached hydrogens (tertiary/aromatic N) is 1. The smallest absolute Gasteiger partial charge is 0.315 e. The average Bonchev–Trinajstić information content (AvgIpc) is 2.86. The summed E-state index contributed by atoms with van der Waals surface area (Å²) < 4.78 is 0. The summed E-state index contributed by atoms with van der Waals surface area (Å²) in [5.74, 6) is -0.00326. The second-order valence-electron chi connectivity index (χ2n) is 6.23. The van der Waals surface area contributed by atoms with E-state index >= 15 is 0 Å². The Hall–Kier alpha value is -2.04. The molecule has 0 aliphatic carbocycles. The van der Waals surface area contributed by atoms with Gasteiger partial charge in [0.25, 0.3) is 0 Å². The Bertz CT molecular complexity index is 518. The van der Waals surface area contributed by atoms with Gasteiger partial charge in [0.2, 0.25) is 5.91 Å². The van der Waals surface area contributed by atoms with Crippen LogP contribution in [0.25, 0.3) is 0 Å². The van der Waals surface area contributed by atoms with Crippen molar-refractivity contribution in [2.45, 2.75) is 51.1 Å². The van der Waals surface area contributed by atoms with Crippen LogP contribution in [0.2, 0.25) is 0 Å². The topological polar surface area (TPSA) is 61.4 Å². The van der Waals surface area contributed by atoms with Gasteiger partial charge in [0.15, 0.2) is 0 Å². The minimum atomic E-state index is -0.378. The second-order valence-corrected chi connectivity index (χ2v) is 6.23. The van der Waals surface area contributed by atoms with Gasteiger partial charge in [-0.05, 0) is 31.2 Å². The Kier molecular flexibility index (Phi) is 6.44. The van der Waals surface area contributed by atoms with Crippen LogP contribution in [0.15, 0.2) is 30.3 Å². The van der Waals surface area contributed by atoms with Gasteiger partial charge in [-0.15, -0.1) is 0 Å². The lowest BCUT2D eigenvalue weighted by atomic mass is 10.0. The SMILES string of the molecule is CCC[C@@H](CCc1ccccc1)NC(=O)N[C@H]1CCN(C)C1=O. The number of hydrogen-bond acceptors (Lipinski definition) is 2. The summed E-state index contributed by atoms with van der Waals surface area (Å²) >= 11 is 0. The third kappa shape index (κ3) is 5.27. The molecule has 2 rings (SSSR count). The second kappa shape index (κ2) is 8.56. The molecule has 23 heavy (non-hydrogen) atoms. The normalized spacial score (nSPS) is 18.8. The maximum atomic E-state index is 12.2. The quantitative estimate of drug-likeness (QED) is 0.811. The molecule has 0 spiro atoms. The van der Waals surface area contributed by atoms with Crippen LogP contribution in [0.5, 0.6) is 0 Å². The van der Waals surface area contributed by atoms with Crippen LogP contribution in [-0.2, 0) is 11.2 Å². The van der Waals surface area contributed by atoms with Crippen molar-refractivity contribution in [2.24, 2.45) is 0 Å². The number of nitrogens with one attached hydrogen (secondary N) is 2. The van der Waals surface area contributed by atoms with E-state index in [4.69, 9.17) is 0 Å². The van der Waals surface area contributed by atoms with Crippen LogP contribution in [0.4, 0.5) is 4.79 Å². The van der Waals surface area contributed by atoms with E-state index in [-0.39, 0.29) is 24.0 Å². The number of amides is 3. The van der Waals surface area contributed by atoms with Crippen LogP contribution in [0.3, 0.4) is 0 Å². The molecular formula is C18H27N3O2. The van der Waals surface area contributed by atoms with Crippen molar-refractivity contribution in [1.82, 2.24) is 15.5 Å². The van der Waals surface area contributed by atoms with Gasteiger partial charge in [-0.2, -0.15) is 0 Å². The van der Waals surface area contributed by atoms with Gasteiger partial charge in [0.1, 0.15) is 6.04 Å². The van der Waals surface area contributed by atoms with Crippen molar-refractivity contribution < 1.29 is 9.59 Å². The summed E-state index contributed by atoms with van der Waals surface area (Å²) in [6.07, 6.45) is 4.50. The Labute approximate surface area is 138 Å². The summed E-state index contributed by atoms with van der Waals surface area (Å²) in [7, 11) is 1.77. The molecule has 1 fully saturated rings. The van der Waals surface area contributed by atoms with Gasteiger partial charge in [-0.3, -0.25) is 4.79 Å². The first-order valence-electron chi connectivity index (χ1n) is 8.46. The van der Waals surface area contributed by atoms with E-state index in [1.165, 1.54) is 5.56 Å². The summed E-state index contributed by atoms with van der Waals surface area (Å²) in [6, 6.07) is 9.82. The zero-order chi connectivity index (χ0) is 16.7. The number of rotatable bonds is 7. The highest BCUT2D eigenvalue weighted by molar-refractivity contribution is 5.88. The summed E-state index contributed by atoms with van der Waals surface area (Å²) in [5, 5.41) is 5.83. The predicted octanol–water partition coefficient (Wildman–Crippen LogP) is 2.32. The predicted molar refractivity (Wildman–Crippen MR) is 91.2 cm³/mol. The molecule has 0 bridgehead atoms. The summed E-state index contributed by atoms with van der Waals surface area (Å²) in [4.78, 5) is 25.7. The molecule has 2 N–H and O–H groups in total. The van der Waals surface area contributed by atoms with E-state index in [2.05, 4.69) is 29.7 Å². The lowest BCUT2D eigenvalue weighted by Crippen LogP contribution is -2.48. The van der Waals surface area contributed by atoms with E-state index in [0.29, 0.717) is 13.0 Å². The molecule has 0 radical (unpaired) electrons. The van der Waals surface area contributed by atoms with Gasteiger partial charge in [-0.1, -0.05) is 43.7 Å². The number of aryl methyl sites for hydroxylation is 1. The van der Waals surface area contributed by atoms with Crippen molar-refractivity contribution >= 4 is 11.9 Å². The molecule has 1 heterocycles. The molecule has 1 aromatic carbocycles. The molecule has 5 nitrogen and oxygen atoms in total. The number of carbonyl (C=O) groups excluding carboxylic acids is 2. The van der Waals surface area contributed by atoms with Gasteiger partial charge in [0.05, 0.1) is 0 Å². The first-order chi connectivity index (χ1) is 11.1. The maximum Gasteiger partial charge on any atom is 0.315 e. The molecular weight excluding hydrogens is 290 g/mol. The fraction of sp³-hybridized carbons (Fsp3) is 0.556. The van der Waals surface area contributed by atoms with Crippen molar-refractivity contribution in [3.63, 3.8) is 0 Å². The number of carbonyl (C=O) groups is 2. The number of likely N-dealkylation sites (tertiary alicyclic amines) is 1. The van der Waals surface area contributed by atoms with Crippen LogP contribution in [0, 0.1) is 0 Å². The number of urea groups is 1. The first-order valence-corrected chi connectivity index (χ1v) is 8.46. The first kappa shape index (κ1) is 17.3. The Morgan fingerprint density at radius 1 is 1.30 bits per heavy atom. The summed E-state index contributed by atoms with van der Waals surface area (Å²) in [6.45, 7) is 2.82. The molecule has 0 saturated carbocycles. The Balaban J connectivity index is 1.81. The van der Waals surface area contributed by atoms with Gasteiger partial charge in [0, 0.05) is 19.6 Å². The van der Waals surface area contributed by atoms with Crippen molar-refractivity contribution in [3.05, 3.63) is 35.9 Å². The highest BCUT2D eigenvalue weighted by Gasteiger charge is 2.30. The molecule has 126 valence electrons. The van der Waals surface area contributed by atoms with Gasteiger partial charge >= 0.3 is 6.03 Å². The third-order valence-corrected chi connectivity index (χ3v) is 4.33. The molecule has 2 atom stereocenters. The zero-order valence-corrected chi connectivity index (χ0v) is 14.0. The monoisotopic (exact) mass is 317 g/mol. The van der Waals surface area contributed by atoms with Crippen molar-refractivity contribution in [2.75, 3.05) is 13.6 Å². The minimum absolute atomic E-state index is 0.00326. The van der Waals surface area contributed by atoms with E-state index in [0.717, 1.165) is 25.7 Å². The van der Waals surface area contributed by atoms with E-state index in [1.807, 2.05) is 18.2 Å². The number of hydrogen-bond donors (Lipinski definition) is 2. The molecule has 1 aromatic rings. The summed E-state index contributed by atoms with van der Waals surface area (Å²) in [5.41, 5.74) is 1.28. The van der Waals surface area contributed by atoms with Gasteiger partial charge in [-0.25, -0.2) is 4.79 Å². The lowest BCUT2D eigenvalue weighted by Gasteiger charge is -2.20. The van der Waals surface area contributed by atoms with E-state index in [9.17, 15) is 9.59 Å². The molecule has 0 aromatic heterocycles. The number of likely N-dealkylation sites (N-methyl/N-ethyl adjacent to an activating group) is 1. The molecule has 3 amide bonds. The van der Waals surface area contributed by atoms with Crippen molar-refractivity contribution in [1.29, 1.82) is 0 Å². The molecule has 0 unspecified atom stereocenters. The highest BCUT2D eigenvalue weighted by Crippen LogP contribution is 2.10. The van der Waals surface area contributed by atoms with Crippen LogP contribution in [0.1, 0.15) is 38.2 Å². The number of benzene rings is 1. The molecule has 5 heteroatoms. The van der Waals surface area contributed by atoms with Crippen molar-refractivity contribution in [3.8, 4) is 0 Å². The Morgan fingerprint density at radius 3 is 2.65 bits per heavy atom. The lowest BCUT2D eigenvalue weighted by molar-refractivity contribution is -0.128. The zero-order valence-electron chi connectivity index (χ0n) is 14.0. The average molecular weight is 317 g/mol. The van der Waals surface area contributed by atoms with Crippen LogP contribution >= 0.6 is 0 Å². The van der Waals surface area contributed by atoms with E-state index < -0.39 is 0 Å². The highest BCUT2D eigenvalue weighted by atomic mass is 16.2. The standard InChI is InChI=1S/C18H27N3O2/c1-3-7-15(11-10-14-8-5-4-6-9-14)19-18(23)20-16-12-13-21(2)17(16)22/h4-6,8-9,15-16H,3,7,10-13H2,1-2H3,(H2,19,20,23)/t15-,16-/m0/s1. The van der Waals surface area contributed by atoms with E-state index in [1.54, 1.807) is 11.9 Å². The molecule has 1 aliphatic rings.